The Labute approximate surface area is 174 Å². The molecule has 1 N–H and O–H groups in total. The fourth-order valence-electron chi connectivity index (χ4n) is 3.24. The third kappa shape index (κ3) is 3.65. The highest BCUT2D eigenvalue weighted by atomic mass is 32.2. The number of methoxy groups -OCH3 is 1. The largest absolute Gasteiger partial charge is 0.497 e. The van der Waals surface area contributed by atoms with E-state index in [1.807, 2.05) is 0 Å². The molecular formula is C22H18N2O5S. The number of ether oxygens (including phenoxy) is 1. The van der Waals surface area contributed by atoms with Gasteiger partial charge in [0.05, 0.1) is 35.4 Å². The first-order chi connectivity index (χ1) is 14.4. The molecule has 3 aromatic carbocycles. The monoisotopic (exact) mass is 422 g/mol. The topological polar surface area (TPSA) is 92.8 Å². The molecule has 2 amide bonds. The smallest absolute Gasteiger partial charge is 0.261 e. The normalized spacial score (nSPS) is 13.3. The summed E-state index contributed by atoms with van der Waals surface area (Å²) in [6.45, 7) is 0.0655. The Bertz CT molecular complexity index is 1200. The maximum absolute atomic E-state index is 12.6. The first kappa shape index (κ1) is 19.7. The third-order valence-electron chi connectivity index (χ3n) is 4.77. The minimum absolute atomic E-state index is 0.0655. The van der Waals surface area contributed by atoms with Crippen molar-refractivity contribution in [3.8, 4) is 5.75 Å². The number of anilines is 1. The first-order valence-corrected chi connectivity index (χ1v) is 10.6. The predicted octanol–water partition coefficient (Wildman–Crippen LogP) is 3.29. The highest BCUT2D eigenvalue weighted by molar-refractivity contribution is 7.92. The van der Waals surface area contributed by atoms with Gasteiger partial charge < -0.3 is 4.74 Å². The van der Waals surface area contributed by atoms with Gasteiger partial charge in [-0.3, -0.25) is 19.2 Å². The number of fused-ring (bicyclic) bond motifs is 1. The Kier molecular flexibility index (Phi) is 5.01. The minimum Gasteiger partial charge on any atom is -0.497 e. The van der Waals surface area contributed by atoms with Crippen LogP contribution in [0.25, 0.3) is 0 Å². The molecule has 0 saturated heterocycles. The van der Waals surface area contributed by atoms with Crippen LogP contribution in [-0.2, 0) is 16.6 Å². The van der Waals surface area contributed by atoms with Gasteiger partial charge in [0.1, 0.15) is 5.75 Å². The van der Waals surface area contributed by atoms with Gasteiger partial charge in [0.2, 0.25) is 0 Å². The summed E-state index contributed by atoms with van der Waals surface area (Å²) in [5.41, 5.74) is 1.78. The van der Waals surface area contributed by atoms with Crippen molar-refractivity contribution in [2.45, 2.75) is 11.4 Å². The molecule has 1 aliphatic heterocycles. The molecule has 3 aromatic rings. The molecule has 152 valence electrons. The zero-order valence-electron chi connectivity index (χ0n) is 16.0. The fraction of sp³-hybridized carbons (Fsp3) is 0.0909. The average molecular weight is 422 g/mol. The molecule has 1 aliphatic rings. The molecule has 0 spiro atoms. The van der Waals surface area contributed by atoms with Crippen LogP contribution in [0.1, 0.15) is 26.3 Å². The number of benzene rings is 3. The quantitative estimate of drug-likeness (QED) is 0.616. The van der Waals surface area contributed by atoms with E-state index in [2.05, 4.69) is 4.72 Å². The highest BCUT2D eigenvalue weighted by Crippen LogP contribution is 2.25. The van der Waals surface area contributed by atoms with Crippen molar-refractivity contribution >= 4 is 27.5 Å². The summed E-state index contributed by atoms with van der Waals surface area (Å²) in [6.07, 6.45) is 0. The Morgan fingerprint density at radius 3 is 2.10 bits per heavy atom. The van der Waals surface area contributed by atoms with Crippen LogP contribution >= 0.6 is 0 Å². The van der Waals surface area contributed by atoms with Gasteiger partial charge in [-0.2, -0.15) is 0 Å². The van der Waals surface area contributed by atoms with Gasteiger partial charge in [-0.25, -0.2) is 8.42 Å². The number of nitrogens with zero attached hydrogens (tertiary/aromatic N) is 1. The second kappa shape index (κ2) is 7.64. The Balaban J connectivity index is 1.50. The number of hydrogen-bond acceptors (Lipinski definition) is 5. The van der Waals surface area contributed by atoms with Crippen molar-refractivity contribution < 1.29 is 22.7 Å². The lowest BCUT2D eigenvalue weighted by atomic mass is 10.1. The molecule has 0 unspecified atom stereocenters. The standard InChI is InChI=1S/C22H18N2O5S/c1-29-17-6-4-5-16(13-17)23-30(27,28)18-11-9-15(10-12-18)14-24-21(25)19-7-2-3-8-20(19)22(24)26/h2-13,23H,14H2,1H3. The molecule has 0 fully saturated rings. The summed E-state index contributed by atoms with van der Waals surface area (Å²) in [7, 11) is -2.30. The lowest BCUT2D eigenvalue weighted by Crippen LogP contribution is -2.29. The summed E-state index contributed by atoms with van der Waals surface area (Å²) >= 11 is 0. The van der Waals surface area contributed by atoms with Crippen LogP contribution in [0, 0.1) is 0 Å². The Morgan fingerprint density at radius 2 is 1.50 bits per heavy atom. The summed E-state index contributed by atoms with van der Waals surface area (Å²) < 4.78 is 32.9. The third-order valence-corrected chi connectivity index (χ3v) is 6.17. The van der Waals surface area contributed by atoms with E-state index in [-0.39, 0.29) is 23.3 Å². The molecule has 1 heterocycles. The number of amides is 2. The highest BCUT2D eigenvalue weighted by Gasteiger charge is 2.34. The molecule has 4 rings (SSSR count). The molecule has 0 bridgehead atoms. The summed E-state index contributed by atoms with van der Waals surface area (Å²) in [4.78, 5) is 26.2. The van der Waals surface area contributed by atoms with Crippen molar-refractivity contribution in [1.82, 2.24) is 4.90 Å². The Morgan fingerprint density at radius 1 is 0.867 bits per heavy atom. The predicted molar refractivity (Wildman–Crippen MR) is 111 cm³/mol. The van der Waals surface area contributed by atoms with Crippen molar-refractivity contribution in [3.63, 3.8) is 0 Å². The summed E-state index contributed by atoms with van der Waals surface area (Å²) in [5, 5.41) is 0. The van der Waals surface area contributed by atoms with Crippen LogP contribution in [0.3, 0.4) is 0 Å². The van der Waals surface area contributed by atoms with Crippen molar-refractivity contribution in [3.05, 3.63) is 89.5 Å². The zero-order valence-corrected chi connectivity index (χ0v) is 16.8. The number of sulfonamides is 1. The van der Waals surface area contributed by atoms with Crippen LogP contribution in [0.4, 0.5) is 5.69 Å². The van der Waals surface area contributed by atoms with Gasteiger partial charge in [0.25, 0.3) is 21.8 Å². The van der Waals surface area contributed by atoms with Crippen LogP contribution in [0.15, 0.2) is 77.7 Å². The van der Waals surface area contributed by atoms with Gasteiger partial charge in [-0.1, -0.05) is 30.3 Å². The van der Waals surface area contributed by atoms with E-state index in [0.717, 1.165) is 4.90 Å². The number of carbonyl (C=O) groups excluding carboxylic acids is 2. The van der Waals surface area contributed by atoms with Crippen molar-refractivity contribution in [1.29, 1.82) is 0 Å². The molecule has 0 saturated carbocycles. The second-order valence-electron chi connectivity index (χ2n) is 6.72. The average Bonchev–Trinajstić information content (AvgIpc) is 2.99. The van der Waals surface area contributed by atoms with Crippen LogP contribution in [-0.4, -0.2) is 32.2 Å². The number of carbonyl (C=O) groups is 2. The molecule has 30 heavy (non-hydrogen) atoms. The van der Waals surface area contributed by atoms with Gasteiger partial charge in [0, 0.05) is 6.07 Å². The van der Waals surface area contributed by atoms with E-state index >= 15 is 0 Å². The number of nitrogens with one attached hydrogen (secondary N) is 1. The van der Waals surface area contributed by atoms with Crippen LogP contribution in [0.5, 0.6) is 5.75 Å². The maximum Gasteiger partial charge on any atom is 0.261 e. The molecular weight excluding hydrogens is 404 g/mol. The molecule has 0 radical (unpaired) electrons. The number of hydrogen-bond donors (Lipinski definition) is 1. The summed E-state index contributed by atoms with van der Waals surface area (Å²) in [6, 6.07) is 19.3. The van der Waals surface area contributed by atoms with Gasteiger partial charge in [0.15, 0.2) is 0 Å². The molecule has 0 aliphatic carbocycles. The number of rotatable bonds is 6. The van der Waals surface area contributed by atoms with E-state index in [9.17, 15) is 18.0 Å². The zero-order chi connectivity index (χ0) is 21.3. The minimum atomic E-state index is -3.80. The fourth-order valence-corrected chi connectivity index (χ4v) is 4.29. The van der Waals surface area contributed by atoms with Crippen molar-refractivity contribution in [2.75, 3.05) is 11.8 Å². The van der Waals surface area contributed by atoms with Gasteiger partial charge in [-0.05, 0) is 42.0 Å². The Hall–Kier alpha value is -3.65. The van der Waals surface area contributed by atoms with E-state index in [4.69, 9.17) is 4.74 Å². The SMILES string of the molecule is COc1cccc(NS(=O)(=O)c2ccc(CN3C(=O)c4ccccc4C3=O)cc2)c1. The van der Waals surface area contributed by atoms with E-state index in [1.54, 1.807) is 60.7 Å². The van der Waals surface area contributed by atoms with E-state index in [0.29, 0.717) is 28.1 Å². The maximum atomic E-state index is 12.6. The summed E-state index contributed by atoms with van der Waals surface area (Å²) in [5.74, 6) is -0.175. The molecule has 7 nitrogen and oxygen atoms in total. The van der Waals surface area contributed by atoms with E-state index < -0.39 is 10.0 Å². The van der Waals surface area contributed by atoms with E-state index in [1.165, 1.54) is 19.2 Å². The molecule has 0 aromatic heterocycles. The van der Waals surface area contributed by atoms with Crippen LogP contribution in [0.2, 0.25) is 0 Å². The lowest BCUT2D eigenvalue weighted by molar-refractivity contribution is 0.0642. The van der Waals surface area contributed by atoms with Gasteiger partial charge >= 0.3 is 0 Å². The number of imide groups is 1. The lowest BCUT2D eigenvalue weighted by Gasteiger charge is -2.14. The molecule has 8 heteroatoms. The van der Waals surface area contributed by atoms with Crippen LogP contribution < -0.4 is 9.46 Å². The molecule has 0 atom stereocenters. The van der Waals surface area contributed by atoms with Gasteiger partial charge in [-0.15, -0.1) is 0 Å². The second-order valence-corrected chi connectivity index (χ2v) is 8.41. The van der Waals surface area contributed by atoms with Crippen molar-refractivity contribution in [2.24, 2.45) is 0 Å². The first-order valence-electron chi connectivity index (χ1n) is 9.10.